The molecule has 0 amide bonds. The Bertz CT molecular complexity index is 118. The fourth-order valence-electron chi connectivity index (χ4n) is 0.550. The molecule has 0 aromatic heterocycles. The minimum Gasteiger partial charge on any atom is -0.109 e. The van der Waals surface area contributed by atoms with E-state index in [9.17, 15) is 0 Å². The molecule has 0 aliphatic carbocycles. The second-order valence-corrected chi connectivity index (χ2v) is 2.83. The van der Waals surface area contributed by atoms with Crippen molar-refractivity contribution < 1.29 is 0 Å². The normalized spacial score (nSPS) is 11.9. The van der Waals surface area contributed by atoms with Crippen molar-refractivity contribution in [1.82, 2.24) is 0 Å². The molecule has 0 fully saturated rings. The molecule has 1 atom stereocenters. The first-order valence-electron chi connectivity index (χ1n) is 3.93. The average Bonchev–Trinajstić information content (AvgIpc) is 1.98. The van der Waals surface area contributed by atoms with Gasteiger partial charge in [-0.05, 0) is 12.8 Å². The van der Waals surface area contributed by atoms with Gasteiger partial charge in [-0.15, -0.1) is 17.5 Å². The van der Waals surface area contributed by atoms with Gasteiger partial charge in [0.1, 0.15) is 0 Å². The highest BCUT2D eigenvalue weighted by atomic mass is 35.5. The summed E-state index contributed by atoms with van der Waals surface area (Å²) in [6, 6.07) is 0. The van der Waals surface area contributed by atoms with E-state index in [1.807, 2.05) is 6.92 Å². The minimum absolute atomic E-state index is 0.0665. The van der Waals surface area contributed by atoms with Crippen LogP contribution in [0.25, 0.3) is 0 Å². The summed E-state index contributed by atoms with van der Waals surface area (Å²) in [5.74, 6) is 6.04. The zero-order valence-corrected chi connectivity index (χ0v) is 7.54. The summed E-state index contributed by atoms with van der Waals surface area (Å²) in [5, 5.41) is 0.0665. The quantitative estimate of drug-likeness (QED) is 0.336. The van der Waals surface area contributed by atoms with Gasteiger partial charge in [0.15, 0.2) is 0 Å². The van der Waals surface area contributed by atoms with Crippen LogP contribution in [0.2, 0.25) is 0 Å². The second-order valence-electron chi connectivity index (χ2n) is 2.30. The zero-order valence-electron chi connectivity index (χ0n) is 6.78. The first kappa shape index (κ1) is 9.85. The van der Waals surface area contributed by atoms with Crippen LogP contribution in [0.1, 0.15) is 39.5 Å². The lowest BCUT2D eigenvalue weighted by atomic mass is 10.2. The maximum absolute atomic E-state index is 5.77. The number of alkyl halides is 1. The van der Waals surface area contributed by atoms with Crippen LogP contribution >= 0.6 is 11.6 Å². The van der Waals surface area contributed by atoms with Crippen molar-refractivity contribution in [3.63, 3.8) is 0 Å². The topological polar surface area (TPSA) is 0 Å². The lowest BCUT2D eigenvalue weighted by Crippen LogP contribution is -1.88. The molecule has 0 aliphatic heterocycles. The number of unbranched alkanes of at least 4 members (excludes halogenated alkanes) is 2. The van der Waals surface area contributed by atoms with E-state index in [1.54, 1.807) is 0 Å². The van der Waals surface area contributed by atoms with E-state index in [2.05, 4.69) is 18.8 Å². The van der Waals surface area contributed by atoms with Gasteiger partial charge in [0, 0.05) is 6.42 Å². The zero-order chi connectivity index (χ0) is 7.82. The molecule has 58 valence electrons. The Morgan fingerprint density at radius 2 is 2.10 bits per heavy atom. The summed E-state index contributed by atoms with van der Waals surface area (Å²) in [5.41, 5.74) is 0. The third-order valence-corrected chi connectivity index (χ3v) is 1.69. The van der Waals surface area contributed by atoms with E-state index in [4.69, 9.17) is 11.6 Å². The number of halogens is 1. The molecular formula is C9H15Cl. The van der Waals surface area contributed by atoms with Crippen LogP contribution in [0.3, 0.4) is 0 Å². The Morgan fingerprint density at radius 3 is 2.60 bits per heavy atom. The van der Waals surface area contributed by atoms with Crippen molar-refractivity contribution >= 4 is 11.6 Å². The molecule has 0 heterocycles. The Balaban J connectivity index is 3.29. The molecule has 1 unspecified atom stereocenters. The average molecular weight is 159 g/mol. The number of hydrogen-bond donors (Lipinski definition) is 0. The number of hydrogen-bond acceptors (Lipinski definition) is 0. The third kappa shape index (κ3) is 5.98. The Hall–Kier alpha value is -0.150. The molecule has 0 saturated carbocycles. The highest BCUT2D eigenvalue weighted by Crippen LogP contribution is 1.98. The molecule has 0 nitrogen and oxygen atoms in total. The highest BCUT2D eigenvalue weighted by Gasteiger charge is 1.90. The van der Waals surface area contributed by atoms with Crippen LogP contribution in [0.5, 0.6) is 0 Å². The van der Waals surface area contributed by atoms with E-state index in [-0.39, 0.29) is 5.38 Å². The molecule has 0 aromatic carbocycles. The molecule has 0 aliphatic rings. The molecule has 0 radical (unpaired) electrons. The van der Waals surface area contributed by atoms with Gasteiger partial charge >= 0.3 is 0 Å². The van der Waals surface area contributed by atoms with E-state index in [0.717, 1.165) is 12.8 Å². The summed E-state index contributed by atoms with van der Waals surface area (Å²) >= 11 is 5.77. The molecule has 0 spiro atoms. The van der Waals surface area contributed by atoms with Gasteiger partial charge in [-0.25, -0.2) is 0 Å². The van der Waals surface area contributed by atoms with Gasteiger partial charge in [-0.3, -0.25) is 0 Å². The maximum Gasteiger partial charge on any atom is 0.0940 e. The van der Waals surface area contributed by atoms with Crippen LogP contribution in [-0.2, 0) is 0 Å². The van der Waals surface area contributed by atoms with Crippen molar-refractivity contribution in [2.24, 2.45) is 0 Å². The van der Waals surface area contributed by atoms with E-state index in [1.165, 1.54) is 12.8 Å². The van der Waals surface area contributed by atoms with E-state index < -0.39 is 0 Å². The van der Waals surface area contributed by atoms with Gasteiger partial charge in [0.05, 0.1) is 5.38 Å². The van der Waals surface area contributed by atoms with Gasteiger partial charge in [-0.2, -0.15) is 0 Å². The van der Waals surface area contributed by atoms with E-state index >= 15 is 0 Å². The summed E-state index contributed by atoms with van der Waals surface area (Å²) < 4.78 is 0. The molecular weight excluding hydrogens is 144 g/mol. The monoisotopic (exact) mass is 158 g/mol. The van der Waals surface area contributed by atoms with Crippen LogP contribution in [0, 0.1) is 11.8 Å². The van der Waals surface area contributed by atoms with Crippen molar-refractivity contribution in [3.05, 3.63) is 0 Å². The predicted octanol–water partition coefficient (Wildman–Crippen LogP) is 3.20. The Labute approximate surface area is 69.0 Å². The minimum atomic E-state index is 0.0665. The number of rotatable bonds is 3. The van der Waals surface area contributed by atoms with Gasteiger partial charge < -0.3 is 0 Å². The van der Waals surface area contributed by atoms with Gasteiger partial charge in [-0.1, -0.05) is 26.2 Å². The van der Waals surface area contributed by atoms with Crippen LogP contribution in [0.4, 0.5) is 0 Å². The molecule has 0 bridgehead atoms. The standard InChI is InChI=1S/C9H15Cl/c1-3-5-6-7-8-9(10)4-2/h9H,3-6H2,1-2H3. The molecule has 0 saturated heterocycles. The van der Waals surface area contributed by atoms with Gasteiger partial charge in [0.2, 0.25) is 0 Å². The SMILES string of the molecule is CCCCC#CC(Cl)CC. The first-order chi connectivity index (χ1) is 4.81. The fraction of sp³-hybridized carbons (Fsp3) is 0.778. The molecule has 1 heteroatoms. The van der Waals surface area contributed by atoms with Crippen LogP contribution in [0.15, 0.2) is 0 Å². The van der Waals surface area contributed by atoms with Crippen molar-refractivity contribution in [2.75, 3.05) is 0 Å². The second kappa shape index (κ2) is 6.96. The van der Waals surface area contributed by atoms with E-state index in [0.29, 0.717) is 0 Å². The third-order valence-electron chi connectivity index (χ3n) is 1.27. The molecule has 0 aromatic rings. The summed E-state index contributed by atoms with van der Waals surface area (Å²) in [6.45, 7) is 4.21. The van der Waals surface area contributed by atoms with Crippen molar-refractivity contribution in [2.45, 2.75) is 44.9 Å². The molecule has 0 N–H and O–H groups in total. The summed E-state index contributed by atoms with van der Waals surface area (Å²) in [7, 11) is 0. The first-order valence-corrected chi connectivity index (χ1v) is 4.37. The van der Waals surface area contributed by atoms with Gasteiger partial charge in [0.25, 0.3) is 0 Å². The van der Waals surface area contributed by atoms with Crippen LogP contribution in [-0.4, -0.2) is 5.38 Å². The maximum atomic E-state index is 5.77. The lowest BCUT2D eigenvalue weighted by Gasteiger charge is -1.91. The largest absolute Gasteiger partial charge is 0.109 e. The molecule has 0 rings (SSSR count). The summed E-state index contributed by atoms with van der Waals surface area (Å²) in [4.78, 5) is 0. The van der Waals surface area contributed by atoms with Crippen molar-refractivity contribution in [1.29, 1.82) is 0 Å². The Kier molecular flexibility index (Phi) is 6.86. The molecule has 10 heavy (non-hydrogen) atoms. The Morgan fingerprint density at radius 1 is 1.40 bits per heavy atom. The lowest BCUT2D eigenvalue weighted by molar-refractivity contribution is 0.826. The van der Waals surface area contributed by atoms with Crippen molar-refractivity contribution in [3.8, 4) is 11.8 Å². The summed E-state index contributed by atoms with van der Waals surface area (Å²) in [6.07, 6.45) is 4.36. The fourth-order valence-corrected chi connectivity index (χ4v) is 0.627. The van der Waals surface area contributed by atoms with Crippen LogP contribution < -0.4 is 0 Å². The predicted molar refractivity (Wildman–Crippen MR) is 47.2 cm³/mol. The highest BCUT2D eigenvalue weighted by molar-refractivity contribution is 6.22. The smallest absolute Gasteiger partial charge is 0.0940 e.